The van der Waals surface area contributed by atoms with E-state index in [2.05, 4.69) is 45.4 Å². The summed E-state index contributed by atoms with van der Waals surface area (Å²) >= 11 is 1.80. The average molecular weight is 434 g/mol. The second-order valence-corrected chi connectivity index (χ2v) is 9.14. The quantitative estimate of drug-likeness (QED) is 0.482. The second-order valence-electron chi connectivity index (χ2n) is 7.98. The number of nitrogens with zero attached hydrogens (tertiary/aromatic N) is 5. The Labute approximate surface area is 184 Å². The molecular formula is C23H23N5O2S. The van der Waals surface area contributed by atoms with Crippen molar-refractivity contribution in [3.05, 3.63) is 64.3 Å². The van der Waals surface area contributed by atoms with Gasteiger partial charge in [-0.25, -0.2) is 0 Å². The molecule has 0 amide bonds. The number of benzene rings is 1. The Hall–Kier alpha value is -2.81. The number of hydrogen-bond donors (Lipinski definition) is 0. The van der Waals surface area contributed by atoms with Crippen LogP contribution in [-0.2, 0) is 24.1 Å². The Morgan fingerprint density at radius 3 is 2.84 bits per heavy atom. The van der Waals surface area contributed by atoms with E-state index in [9.17, 15) is 0 Å². The molecule has 0 radical (unpaired) electrons. The Morgan fingerprint density at radius 1 is 0.968 bits per heavy atom. The smallest absolute Gasteiger partial charge is 0.177 e. The van der Waals surface area contributed by atoms with Gasteiger partial charge in [-0.3, -0.25) is 4.90 Å². The Bertz CT molecular complexity index is 1230. The summed E-state index contributed by atoms with van der Waals surface area (Å²) in [6.07, 6.45) is 1.66. The fraction of sp³-hybridized carbons (Fsp3) is 0.348. The number of hydrogen-bond acceptors (Lipinski definition) is 7. The molecule has 0 bridgehead atoms. The summed E-state index contributed by atoms with van der Waals surface area (Å²) < 4.78 is 12.9. The Kier molecular flexibility index (Phi) is 4.90. The van der Waals surface area contributed by atoms with Crippen LogP contribution in [0, 0.1) is 0 Å². The molecule has 5 heterocycles. The normalized spacial score (nSPS) is 16.5. The lowest BCUT2D eigenvalue weighted by molar-refractivity contribution is 0.0346. The van der Waals surface area contributed by atoms with E-state index in [0.717, 1.165) is 68.8 Å². The maximum absolute atomic E-state index is 5.62. The first-order valence-corrected chi connectivity index (χ1v) is 11.5. The molecule has 1 saturated heterocycles. The Balaban J connectivity index is 1.25. The zero-order valence-electron chi connectivity index (χ0n) is 17.2. The minimum absolute atomic E-state index is 0.692. The van der Waals surface area contributed by atoms with Crippen molar-refractivity contribution in [2.24, 2.45) is 0 Å². The maximum Gasteiger partial charge on any atom is 0.177 e. The fourth-order valence-electron chi connectivity index (χ4n) is 4.19. The molecule has 7 nitrogen and oxygen atoms in total. The SMILES string of the molecule is c1cc2c(cc1Cc1nnc3ccc(-c4ccc(CN5CCOCC5)s4)nn13)CCO2. The van der Waals surface area contributed by atoms with Gasteiger partial charge in [0.1, 0.15) is 11.4 Å². The third-order valence-electron chi connectivity index (χ3n) is 5.84. The van der Waals surface area contributed by atoms with Gasteiger partial charge in [0.05, 0.1) is 24.7 Å². The van der Waals surface area contributed by atoms with Gasteiger partial charge in [-0.2, -0.15) is 9.61 Å². The first-order chi connectivity index (χ1) is 15.3. The monoisotopic (exact) mass is 433 g/mol. The molecule has 31 heavy (non-hydrogen) atoms. The van der Waals surface area contributed by atoms with Gasteiger partial charge in [0.25, 0.3) is 0 Å². The van der Waals surface area contributed by atoms with Crippen LogP contribution < -0.4 is 4.74 Å². The molecular weight excluding hydrogens is 410 g/mol. The first kappa shape index (κ1) is 18.9. The molecule has 1 fully saturated rings. The molecule has 6 rings (SSSR count). The van der Waals surface area contributed by atoms with E-state index in [1.165, 1.54) is 20.9 Å². The van der Waals surface area contributed by atoms with Gasteiger partial charge < -0.3 is 9.47 Å². The topological polar surface area (TPSA) is 64.8 Å². The van der Waals surface area contributed by atoms with E-state index in [-0.39, 0.29) is 0 Å². The predicted octanol–water partition coefficient (Wildman–Crippen LogP) is 3.21. The average Bonchev–Trinajstić information content (AvgIpc) is 3.54. The number of aromatic nitrogens is 4. The highest BCUT2D eigenvalue weighted by atomic mass is 32.1. The lowest BCUT2D eigenvalue weighted by Gasteiger charge is -2.25. The summed E-state index contributed by atoms with van der Waals surface area (Å²) in [5, 5.41) is 13.6. The minimum Gasteiger partial charge on any atom is -0.493 e. The number of morpholine rings is 1. The van der Waals surface area contributed by atoms with Crippen LogP contribution >= 0.6 is 11.3 Å². The van der Waals surface area contributed by atoms with Crippen molar-refractivity contribution in [3.8, 4) is 16.3 Å². The van der Waals surface area contributed by atoms with Gasteiger partial charge in [0, 0.05) is 37.4 Å². The highest BCUT2D eigenvalue weighted by Crippen LogP contribution is 2.29. The van der Waals surface area contributed by atoms with E-state index in [1.807, 2.05) is 16.6 Å². The summed E-state index contributed by atoms with van der Waals surface area (Å²) in [5.41, 5.74) is 4.20. The summed E-state index contributed by atoms with van der Waals surface area (Å²) in [6.45, 7) is 5.38. The fourth-order valence-corrected chi connectivity index (χ4v) is 5.20. The van der Waals surface area contributed by atoms with Crippen molar-refractivity contribution >= 4 is 17.0 Å². The molecule has 0 N–H and O–H groups in total. The standard InChI is InChI=1S/C23H23N5O2S/c1-4-20-17(7-10-30-20)13-16(1)14-23-25-24-22-6-3-19(26-28(22)23)21-5-2-18(31-21)15-27-8-11-29-12-9-27/h1-6,13H,7-12,14-15H2. The van der Waals surface area contributed by atoms with Gasteiger partial charge in [-0.15, -0.1) is 21.5 Å². The number of thiophene rings is 1. The molecule has 4 aromatic rings. The van der Waals surface area contributed by atoms with Crippen LogP contribution in [0.5, 0.6) is 5.75 Å². The van der Waals surface area contributed by atoms with Crippen molar-refractivity contribution in [2.75, 3.05) is 32.9 Å². The maximum atomic E-state index is 5.62. The van der Waals surface area contributed by atoms with Crippen LogP contribution in [-0.4, -0.2) is 57.6 Å². The lowest BCUT2D eigenvalue weighted by atomic mass is 10.1. The number of rotatable bonds is 5. The molecule has 158 valence electrons. The number of fused-ring (bicyclic) bond motifs is 2. The molecule has 0 unspecified atom stereocenters. The molecule has 3 aromatic heterocycles. The minimum atomic E-state index is 0.692. The van der Waals surface area contributed by atoms with Gasteiger partial charge in [-0.1, -0.05) is 12.1 Å². The van der Waals surface area contributed by atoms with Crippen LogP contribution in [0.1, 0.15) is 21.8 Å². The molecule has 0 atom stereocenters. The van der Waals surface area contributed by atoms with Crippen molar-refractivity contribution in [1.82, 2.24) is 24.7 Å². The van der Waals surface area contributed by atoms with E-state index in [1.54, 1.807) is 11.3 Å². The van der Waals surface area contributed by atoms with Gasteiger partial charge in [0.15, 0.2) is 11.5 Å². The van der Waals surface area contributed by atoms with E-state index in [4.69, 9.17) is 14.6 Å². The molecule has 2 aliphatic rings. The molecule has 8 heteroatoms. The van der Waals surface area contributed by atoms with Crippen molar-refractivity contribution in [2.45, 2.75) is 19.4 Å². The van der Waals surface area contributed by atoms with E-state index in [0.29, 0.717) is 6.42 Å². The van der Waals surface area contributed by atoms with Gasteiger partial charge in [-0.05, 0) is 41.5 Å². The van der Waals surface area contributed by atoms with Gasteiger partial charge >= 0.3 is 0 Å². The zero-order chi connectivity index (χ0) is 20.6. The van der Waals surface area contributed by atoms with Crippen LogP contribution in [0.3, 0.4) is 0 Å². The highest BCUT2D eigenvalue weighted by molar-refractivity contribution is 7.15. The molecule has 0 spiro atoms. The lowest BCUT2D eigenvalue weighted by Crippen LogP contribution is -2.35. The summed E-state index contributed by atoms with van der Waals surface area (Å²) in [5.74, 6) is 1.85. The molecule has 2 aliphatic heterocycles. The number of ether oxygens (including phenoxy) is 2. The summed E-state index contributed by atoms with van der Waals surface area (Å²) in [4.78, 5) is 4.96. The predicted molar refractivity (Wildman–Crippen MR) is 119 cm³/mol. The van der Waals surface area contributed by atoms with E-state index < -0.39 is 0 Å². The zero-order valence-corrected chi connectivity index (χ0v) is 18.0. The third-order valence-corrected chi connectivity index (χ3v) is 6.93. The van der Waals surface area contributed by atoms with Crippen LogP contribution in [0.15, 0.2) is 42.5 Å². The Morgan fingerprint density at radius 2 is 1.90 bits per heavy atom. The first-order valence-electron chi connectivity index (χ1n) is 10.7. The molecule has 0 aliphatic carbocycles. The van der Waals surface area contributed by atoms with Crippen LogP contribution in [0.2, 0.25) is 0 Å². The largest absolute Gasteiger partial charge is 0.493 e. The van der Waals surface area contributed by atoms with E-state index >= 15 is 0 Å². The third kappa shape index (κ3) is 3.82. The van der Waals surface area contributed by atoms with Crippen LogP contribution in [0.25, 0.3) is 16.2 Å². The van der Waals surface area contributed by atoms with Crippen molar-refractivity contribution < 1.29 is 9.47 Å². The van der Waals surface area contributed by atoms with Gasteiger partial charge in [0.2, 0.25) is 0 Å². The summed E-state index contributed by atoms with van der Waals surface area (Å²) in [7, 11) is 0. The second kappa shape index (κ2) is 8.03. The highest BCUT2D eigenvalue weighted by Gasteiger charge is 2.16. The van der Waals surface area contributed by atoms with Crippen molar-refractivity contribution in [3.63, 3.8) is 0 Å². The molecule has 1 aromatic carbocycles. The van der Waals surface area contributed by atoms with Crippen LogP contribution in [0.4, 0.5) is 0 Å². The summed E-state index contributed by atoms with van der Waals surface area (Å²) in [6, 6.07) is 14.8. The molecule has 0 saturated carbocycles. The van der Waals surface area contributed by atoms with Crippen molar-refractivity contribution in [1.29, 1.82) is 0 Å².